The third kappa shape index (κ3) is 3.09. The Kier molecular flexibility index (Phi) is 3.92. The Morgan fingerprint density at radius 2 is 1.88 bits per heavy atom. The molecule has 1 saturated carbocycles. The van der Waals surface area contributed by atoms with Gasteiger partial charge in [0.05, 0.1) is 5.01 Å². The third-order valence-electron chi connectivity index (χ3n) is 3.99. The Hall–Kier alpha value is -0.370. The van der Waals surface area contributed by atoms with Crippen LogP contribution in [0.1, 0.15) is 75.6 Å². The van der Waals surface area contributed by atoms with Crippen LogP contribution in [0, 0.1) is 5.92 Å². The van der Waals surface area contributed by atoms with Crippen LogP contribution in [0.15, 0.2) is 6.20 Å². The number of nitrogens with zero attached hydrogens (tertiary/aromatic N) is 1. The molecule has 1 nitrogen and oxygen atoms in total. The number of hydrogen-bond acceptors (Lipinski definition) is 2. The lowest BCUT2D eigenvalue weighted by atomic mass is 9.80. The predicted molar refractivity (Wildman–Crippen MR) is 75.8 cm³/mol. The zero-order valence-electron chi connectivity index (χ0n) is 11.6. The van der Waals surface area contributed by atoms with Gasteiger partial charge in [-0.15, -0.1) is 11.3 Å². The van der Waals surface area contributed by atoms with E-state index >= 15 is 0 Å². The average Bonchev–Trinajstić information content (AvgIpc) is 2.78. The summed E-state index contributed by atoms with van der Waals surface area (Å²) < 4.78 is 0. The lowest BCUT2D eigenvalue weighted by Crippen LogP contribution is -2.11. The van der Waals surface area contributed by atoms with Crippen molar-refractivity contribution >= 4 is 11.3 Å². The molecule has 0 N–H and O–H groups in total. The monoisotopic (exact) mass is 251 g/mol. The van der Waals surface area contributed by atoms with Gasteiger partial charge in [0.1, 0.15) is 0 Å². The molecule has 1 aromatic rings. The van der Waals surface area contributed by atoms with Crippen molar-refractivity contribution in [1.82, 2.24) is 4.98 Å². The molecule has 0 spiro atoms. The quantitative estimate of drug-likeness (QED) is 0.710. The highest BCUT2D eigenvalue weighted by Crippen LogP contribution is 2.40. The molecule has 0 radical (unpaired) electrons. The van der Waals surface area contributed by atoms with E-state index in [1.165, 1.54) is 42.0 Å². The van der Waals surface area contributed by atoms with Gasteiger partial charge >= 0.3 is 0 Å². The van der Waals surface area contributed by atoms with Crippen LogP contribution in [0.5, 0.6) is 0 Å². The first kappa shape index (κ1) is 13.1. The molecule has 0 aliphatic heterocycles. The smallest absolute Gasteiger partial charge is 0.0981 e. The topological polar surface area (TPSA) is 12.9 Å². The molecule has 2 heteroatoms. The van der Waals surface area contributed by atoms with Gasteiger partial charge in [0, 0.05) is 16.5 Å². The van der Waals surface area contributed by atoms with E-state index in [4.69, 9.17) is 0 Å². The van der Waals surface area contributed by atoms with Crippen LogP contribution in [-0.2, 0) is 5.41 Å². The van der Waals surface area contributed by atoms with E-state index in [1.54, 1.807) is 0 Å². The van der Waals surface area contributed by atoms with Crippen molar-refractivity contribution in [3.05, 3.63) is 16.1 Å². The van der Waals surface area contributed by atoms with Crippen molar-refractivity contribution in [2.45, 2.75) is 71.1 Å². The maximum atomic E-state index is 4.62. The highest BCUT2D eigenvalue weighted by Gasteiger charge is 2.25. The number of rotatable bonds is 2. The summed E-state index contributed by atoms with van der Waals surface area (Å²) in [6, 6.07) is 0. The highest BCUT2D eigenvalue weighted by molar-refractivity contribution is 7.11. The molecule has 17 heavy (non-hydrogen) atoms. The molecule has 0 bridgehead atoms. The van der Waals surface area contributed by atoms with Crippen LogP contribution < -0.4 is 0 Å². The molecular formula is C15H25NS. The summed E-state index contributed by atoms with van der Waals surface area (Å²) in [6.07, 6.45) is 9.10. The van der Waals surface area contributed by atoms with E-state index in [-0.39, 0.29) is 5.41 Å². The number of thiazole rings is 1. The molecule has 1 fully saturated rings. The Labute approximate surface area is 110 Å². The van der Waals surface area contributed by atoms with Gasteiger partial charge in [-0.2, -0.15) is 0 Å². The molecule has 1 aliphatic carbocycles. The number of aromatic nitrogens is 1. The van der Waals surface area contributed by atoms with Crippen LogP contribution in [0.2, 0.25) is 0 Å². The van der Waals surface area contributed by atoms with Gasteiger partial charge in [-0.05, 0) is 37.5 Å². The maximum Gasteiger partial charge on any atom is 0.0981 e. The number of hydrogen-bond donors (Lipinski definition) is 0. The second-order valence-electron chi connectivity index (χ2n) is 6.44. The molecule has 0 amide bonds. The lowest BCUT2D eigenvalue weighted by molar-refractivity contribution is 0.321. The van der Waals surface area contributed by atoms with Gasteiger partial charge in [-0.1, -0.05) is 34.1 Å². The van der Waals surface area contributed by atoms with E-state index < -0.39 is 0 Å². The van der Waals surface area contributed by atoms with Gasteiger partial charge < -0.3 is 0 Å². The minimum Gasteiger partial charge on any atom is -0.249 e. The fourth-order valence-corrected chi connectivity index (χ4v) is 3.82. The fourth-order valence-electron chi connectivity index (χ4n) is 2.68. The largest absolute Gasteiger partial charge is 0.249 e. The molecule has 2 rings (SSSR count). The Morgan fingerprint density at radius 1 is 1.24 bits per heavy atom. The van der Waals surface area contributed by atoms with Crippen LogP contribution >= 0.6 is 11.3 Å². The van der Waals surface area contributed by atoms with Crippen molar-refractivity contribution in [3.63, 3.8) is 0 Å². The zero-order valence-corrected chi connectivity index (χ0v) is 12.4. The molecule has 1 aromatic heterocycles. The van der Waals surface area contributed by atoms with Crippen molar-refractivity contribution in [2.75, 3.05) is 0 Å². The summed E-state index contributed by atoms with van der Waals surface area (Å²) in [5.41, 5.74) is 0.212. The predicted octanol–water partition coefficient (Wildman–Crippen LogP) is 5.12. The summed E-state index contributed by atoms with van der Waals surface area (Å²) in [5.74, 6) is 1.78. The standard InChI is InChI=1S/C15H25NS/c1-5-11-6-8-12(9-7-11)13-10-16-14(17-13)15(2,3)4/h10-12H,5-9H2,1-4H3/t11-,12-. The maximum absolute atomic E-state index is 4.62. The Bertz CT molecular complexity index is 353. The molecule has 1 aliphatic rings. The summed E-state index contributed by atoms with van der Waals surface area (Å²) in [7, 11) is 0. The van der Waals surface area contributed by atoms with E-state index in [0.29, 0.717) is 0 Å². The first-order chi connectivity index (χ1) is 8.00. The van der Waals surface area contributed by atoms with Crippen molar-refractivity contribution in [1.29, 1.82) is 0 Å². The first-order valence-electron chi connectivity index (χ1n) is 6.97. The van der Waals surface area contributed by atoms with Crippen LogP contribution in [0.25, 0.3) is 0 Å². The van der Waals surface area contributed by atoms with Gasteiger partial charge in [0.25, 0.3) is 0 Å². The lowest BCUT2D eigenvalue weighted by Gasteiger charge is -2.26. The summed E-state index contributed by atoms with van der Waals surface area (Å²) in [4.78, 5) is 6.15. The molecule has 1 heterocycles. The van der Waals surface area contributed by atoms with E-state index in [2.05, 4.69) is 38.9 Å². The van der Waals surface area contributed by atoms with Crippen molar-refractivity contribution < 1.29 is 0 Å². The minimum atomic E-state index is 0.212. The second kappa shape index (κ2) is 5.09. The van der Waals surface area contributed by atoms with Gasteiger partial charge in [0.15, 0.2) is 0 Å². The van der Waals surface area contributed by atoms with Crippen LogP contribution in [0.4, 0.5) is 0 Å². The molecule has 0 unspecified atom stereocenters. The van der Waals surface area contributed by atoms with Crippen LogP contribution in [-0.4, -0.2) is 4.98 Å². The average molecular weight is 251 g/mol. The van der Waals surface area contributed by atoms with E-state index in [9.17, 15) is 0 Å². The molecule has 0 atom stereocenters. The normalized spacial score (nSPS) is 26.1. The van der Waals surface area contributed by atoms with E-state index in [1.807, 2.05) is 11.3 Å². The fraction of sp³-hybridized carbons (Fsp3) is 0.800. The summed E-state index contributed by atoms with van der Waals surface area (Å²) in [6.45, 7) is 9.09. The Balaban J connectivity index is 2.02. The van der Waals surface area contributed by atoms with Gasteiger partial charge in [0.2, 0.25) is 0 Å². The van der Waals surface area contributed by atoms with Gasteiger partial charge in [-0.3, -0.25) is 0 Å². The second-order valence-corrected chi connectivity index (χ2v) is 7.51. The van der Waals surface area contributed by atoms with E-state index in [0.717, 1.165) is 11.8 Å². The summed E-state index contributed by atoms with van der Waals surface area (Å²) in [5, 5.41) is 1.30. The third-order valence-corrected chi connectivity index (χ3v) is 5.58. The minimum absolute atomic E-state index is 0.212. The van der Waals surface area contributed by atoms with Crippen molar-refractivity contribution in [2.24, 2.45) is 5.92 Å². The first-order valence-corrected chi connectivity index (χ1v) is 7.78. The van der Waals surface area contributed by atoms with Crippen LogP contribution in [0.3, 0.4) is 0 Å². The van der Waals surface area contributed by atoms with Gasteiger partial charge in [-0.25, -0.2) is 4.98 Å². The molecule has 0 saturated heterocycles. The zero-order chi connectivity index (χ0) is 12.5. The van der Waals surface area contributed by atoms with Crippen molar-refractivity contribution in [3.8, 4) is 0 Å². The molecular weight excluding hydrogens is 226 g/mol. The Morgan fingerprint density at radius 3 is 2.35 bits per heavy atom. The molecule has 96 valence electrons. The molecule has 0 aromatic carbocycles. The SMILES string of the molecule is CC[C@H]1CC[C@H](c2cnc(C(C)(C)C)s2)CC1. The summed E-state index contributed by atoms with van der Waals surface area (Å²) >= 11 is 1.94. The highest BCUT2D eigenvalue weighted by atomic mass is 32.1.